The summed E-state index contributed by atoms with van der Waals surface area (Å²) in [6.07, 6.45) is -0.849. The quantitative estimate of drug-likeness (QED) is 0.526. The van der Waals surface area contributed by atoms with Gasteiger partial charge in [0.05, 0.1) is 17.2 Å². The highest BCUT2D eigenvalue weighted by Gasteiger charge is 2.34. The van der Waals surface area contributed by atoms with Crippen LogP contribution in [0, 0.1) is 11.3 Å². The number of piperidine rings is 2. The van der Waals surface area contributed by atoms with E-state index in [4.69, 9.17) is 10.00 Å². The van der Waals surface area contributed by atoms with Gasteiger partial charge in [-0.05, 0) is 76.8 Å². The third-order valence-corrected chi connectivity index (χ3v) is 7.17. The van der Waals surface area contributed by atoms with Crippen molar-refractivity contribution >= 4 is 23.5 Å². The number of nitriles is 1. The van der Waals surface area contributed by atoms with Gasteiger partial charge in [0, 0.05) is 55.7 Å². The molecule has 2 fully saturated rings. The van der Waals surface area contributed by atoms with Crippen molar-refractivity contribution in [2.75, 3.05) is 36.0 Å². The zero-order valence-corrected chi connectivity index (χ0v) is 23.4. The molecule has 2 amide bonds. The number of alkyl halides is 3. The Morgan fingerprint density at radius 2 is 1.56 bits per heavy atom. The second kappa shape index (κ2) is 12.2. The molecule has 220 valence electrons. The lowest BCUT2D eigenvalue weighted by Crippen LogP contribution is -2.46. The monoisotopic (exact) mass is 572 g/mol. The first-order valence-corrected chi connectivity index (χ1v) is 13.7. The molecular formula is C29H35F3N6O3. The van der Waals surface area contributed by atoms with E-state index in [-0.39, 0.29) is 18.0 Å². The number of pyridine rings is 1. The Balaban J connectivity index is 1.28. The van der Waals surface area contributed by atoms with Crippen molar-refractivity contribution in [3.05, 3.63) is 53.2 Å². The number of amides is 2. The van der Waals surface area contributed by atoms with Crippen LogP contribution in [0.15, 0.2) is 36.5 Å². The Morgan fingerprint density at radius 1 is 0.951 bits per heavy atom. The lowest BCUT2D eigenvalue weighted by molar-refractivity contribution is -0.137. The smallest absolute Gasteiger partial charge is 0.417 e. The highest BCUT2D eigenvalue weighted by Crippen LogP contribution is 2.35. The summed E-state index contributed by atoms with van der Waals surface area (Å²) in [6.45, 7) is 7.75. The number of benzene rings is 1. The van der Waals surface area contributed by atoms with Gasteiger partial charge in [0.2, 0.25) is 0 Å². The van der Waals surface area contributed by atoms with E-state index in [9.17, 15) is 22.8 Å². The Kier molecular flexibility index (Phi) is 8.95. The number of anilines is 2. The molecule has 0 bridgehead atoms. The number of hydrogen-bond donors (Lipinski definition) is 2. The summed E-state index contributed by atoms with van der Waals surface area (Å²) in [5, 5.41) is 15.0. The molecule has 1 aromatic heterocycles. The third kappa shape index (κ3) is 8.02. The minimum atomic E-state index is -4.61. The van der Waals surface area contributed by atoms with Crippen LogP contribution in [0.1, 0.15) is 67.9 Å². The number of carbonyl (C=O) groups is 2. The van der Waals surface area contributed by atoms with Crippen molar-refractivity contribution in [2.45, 2.75) is 70.3 Å². The number of aromatic nitrogens is 1. The second-order valence-electron chi connectivity index (χ2n) is 11.4. The van der Waals surface area contributed by atoms with Gasteiger partial charge in [-0.25, -0.2) is 9.78 Å². The predicted molar refractivity (Wildman–Crippen MR) is 148 cm³/mol. The first-order valence-electron chi connectivity index (χ1n) is 13.7. The van der Waals surface area contributed by atoms with Crippen LogP contribution in [-0.4, -0.2) is 60.8 Å². The molecule has 1 aromatic carbocycles. The molecular weight excluding hydrogens is 537 g/mol. The van der Waals surface area contributed by atoms with Crippen molar-refractivity contribution in [3.63, 3.8) is 0 Å². The SMILES string of the molecule is CC(C)(C)OC(=O)NC1CCN(c2cc(C(=O)NC3CCN(c4ccc(C#N)c(C(F)(F)F)c4)CC3)ccn2)CC1. The maximum absolute atomic E-state index is 13.4. The Hall–Kier alpha value is -4.01. The standard InChI is InChI=1S/C29H35F3N6O3/c1-28(2,3)41-27(40)36-22-9-14-38(15-10-22)25-16-19(6-11-34-25)26(39)35-21-7-12-37(13-8-21)23-5-4-20(18-33)24(17-23)29(30,31)32/h4-6,11,16-17,21-22H,7-10,12-15H2,1-3H3,(H,35,39)(H,36,40). The van der Waals surface area contributed by atoms with Gasteiger partial charge in [-0.1, -0.05) is 0 Å². The summed E-state index contributed by atoms with van der Waals surface area (Å²) < 4.78 is 45.4. The van der Waals surface area contributed by atoms with Gasteiger partial charge in [-0.2, -0.15) is 18.4 Å². The van der Waals surface area contributed by atoms with Crippen LogP contribution >= 0.6 is 0 Å². The van der Waals surface area contributed by atoms with Crippen LogP contribution in [0.3, 0.4) is 0 Å². The fourth-order valence-corrected chi connectivity index (χ4v) is 5.07. The zero-order valence-electron chi connectivity index (χ0n) is 23.4. The molecule has 0 atom stereocenters. The van der Waals surface area contributed by atoms with Crippen LogP contribution in [0.2, 0.25) is 0 Å². The van der Waals surface area contributed by atoms with Gasteiger partial charge < -0.3 is 25.2 Å². The normalized spacial score (nSPS) is 17.1. The number of ether oxygens (including phenoxy) is 1. The summed E-state index contributed by atoms with van der Waals surface area (Å²) in [4.78, 5) is 33.4. The van der Waals surface area contributed by atoms with E-state index in [0.717, 1.165) is 18.9 Å². The predicted octanol–water partition coefficient (Wildman–Crippen LogP) is 4.86. The molecule has 2 aromatic rings. The summed E-state index contributed by atoms with van der Waals surface area (Å²) in [5.74, 6) is 0.454. The van der Waals surface area contributed by atoms with Crippen LogP contribution in [-0.2, 0) is 10.9 Å². The second-order valence-corrected chi connectivity index (χ2v) is 11.4. The van der Waals surface area contributed by atoms with E-state index in [2.05, 4.69) is 20.5 Å². The van der Waals surface area contributed by atoms with Crippen LogP contribution in [0.5, 0.6) is 0 Å². The molecule has 12 heteroatoms. The van der Waals surface area contributed by atoms with Gasteiger partial charge in [0.15, 0.2) is 0 Å². The molecule has 0 radical (unpaired) electrons. The van der Waals surface area contributed by atoms with Crippen LogP contribution in [0.25, 0.3) is 0 Å². The number of hydrogen-bond acceptors (Lipinski definition) is 7. The van der Waals surface area contributed by atoms with E-state index in [1.165, 1.54) is 12.1 Å². The summed E-state index contributed by atoms with van der Waals surface area (Å²) in [5.41, 5.74) is -1.01. The minimum Gasteiger partial charge on any atom is -0.444 e. The molecule has 9 nitrogen and oxygen atoms in total. The Labute approximate surface area is 237 Å². The molecule has 3 heterocycles. The number of halogens is 3. The van der Waals surface area contributed by atoms with E-state index >= 15 is 0 Å². The number of nitrogens with zero attached hydrogens (tertiary/aromatic N) is 4. The van der Waals surface area contributed by atoms with Crippen LogP contribution < -0.4 is 20.4 Å². The van der Waals surface area contributed by atoms with Crippen molar-refractivity contribution in [3.8, 4) is 6.07 Å². The van der Waals surface area contributed by atoms with Gasteiger partial charge in [0.25, 0.3) is 5.91 Å². The number of alkyl carbamates (subject to hydrolysis) is 1. The molecule has 4 rings (SSSR count). The van der Waals surface area contributed by atoms with E-state index < -0.39 is 29.0 Å². The molecule has 2 aliphatic heterocycles. The van der Waals surface area contributed by atoms with Gasteiger partial charge >= 0.3 is 12.3 Å². The third-order valence-electron chi connectivity index (χ3n) is 7.17. The fourth-order valence-electron chi connectivity index (χ4n) is 5.07. The minimum absolute atomic E-state index is 0.00257. The molecule has 2 aliphatic rings. The molecule has 2 saturated heterocycles. The fraction of sp³-hybridized carbons (Fsp3) is 0.517. The van der Waals surface area contributed by atoms with E-state index in [0.29, 0.717) is 56.1 Å². The number of rotatable bonds is 5. The molecule has 0 aliphatic carbocycles. The number of carbonyl (C=O) groups excluding carboxylic acids is 2. The highest BCUT2D eigenvalue weighted by molar-refractivity contribution is 5.95. The van der Waals surface area contributed by atoms with E-state index in [1.807, 2.05) is 25.7 Å². The maximum atomic E-state index is 13.4. The summed E-state index contributed by atoms with van der Waals surface area (Å²) in [6, 6.07) is 8.64. The first-order chi connectivity index (χ1) is 19.3. The van der Waals surface area contributed by atoms with Crippen molar-refractivity contribution in [1.82, 2.24) is 15.6 Å². The first kappa shape index (κ1) is 30.0. The maximum Gasteiger partial charge on any atom is 0.417 e. The van der Waals surface area contributed by atoms with E-state index in [1.54, 1.807) is 24.4 Å². The van der Waals surface area contributed by atoms with Crippen molar-refractivity contribution < 1.29 is 27.5 Å². The lowest BCUT2D eigenvalue weighted by atomic mass is 10.0. The van der Waals surface area contributed by atoms with Gasteiger partial charge in [0.1, 0.15) is 11.4 Å². The van der Waals surface area contributed by atoms with Crippen molar-refractivity contribution in [1.29, 1.82) is 5.26 Å². The largest absolute Gasteiger partial charge is 0.444 e. The zero-order chi connectivity index (χ0) is 29.8. The average molecular weight is 573 g/mol. The van der Waals surface area contributed by atoms with Crippen molar-refractivity contribution in [2.24, 2.45) is 0 Å². The summed E-state index contributed by atoms with van der Waals surface area (Å²) in [7, 11) is 0. The molecule has 0 spiro atoms. The molecule has 41 heavy (non-hydrogen) atoms. The Morgan fingerprint density at radius 3 is 2.15 bits per heavy atom. The Bertz CT molecular complexity index is 1290. The number of nitrogens with one attached hydrogen (secondary N) is 2. The van der Waals surface area contributed by atoms with Gasteiger partial charge in [-0.3, -0.25) is 4.79 Å². The lowest BCUT2D eigenvalue weighted by Gasteiger charge is -2.34. The summed E-state index contributed by atoms with van der Waals surface area (Å²) >= 11 is 0. The topological polar surface area (TPSA) is 111 Å². The molecule has 0 unspecified atom stereocenters. The highest BCUT2D eigenvalue weighted by atomic mass is 19.4. The molecule has 2 N–H and O–H groups in total. The molecule has 0 saturated carbocycles. The van der Waals surface area contributed by atoms with Crippen LogP contribution in [0.4, 0.5) is 29.5 Å². The van der Waals surface area contributed by atoms with Gasteiger partial charge in [-0.15, -0.1) is 0 Å². The average Bonchev–Trinajstić information content (AvgIpc) is 2.92.